The van der Waals surface area contributed by atoms with Crippen molar-refractivity contribution in [1.82, 2.24) is 4.31 Å². The molecule has 1 fully saturated rings. The number of benzene rings is 2. The Labute approximate surface area is 175 Å². The fourth-order valence-corrected chi connectivity index (χ4v) is 4.74. The first-order chi connectivity index (χ1) is 13.9. The van der Waals surface area contributed by atoms with Crippen molar-refractivity contribution >= 4 is 27.6 Å². The maximum absolute atomic E-state index is 12.8. The minimum atomic E-state index is -3.83. The second-order valence-electron chi connectivity index (χ2n) is 6.46. The molecule has 0 bridgehead atoms. The van der Waals surface area contributed by atoms with Crippen LogP contribution in [0.15, 0.2) is 47.4 Å². The number of carbonyl (C=O) groups excluding carboxylic acids is 1. The molecule has 0 amide bonds. The molecule has 0 radical (unpaired) electrons. The average molecular weight is 440 g/mol. The van der Waals surface area contributed by atoms with E-state index in [-0.39, 0.29) is 41.8 Å². The predicted molar refractivity (Wildman–Crippen MR) is 108 cm³/mol. The highest BCUT2D eigenvalue weighted by Crippen LogP contribution is 2.26. The van der Waals surface area contributed by atoms with Gasteiger partial charge in [-0.05, 0) is 42.8 Å². The van der Waals surface area contributed by atoms with Crippen LogP contribution in [0.25, 0.3) is 0 Å². The number of ether oxygens (including phenoxy) is 3. The second-order valence-corrected chi connectivity index (χ2v) is 8.78. The van der Waals surface area contributed by atoms with Crippen LogP contribution < -0.4 is 4.74 Å². The molecule has 1 aliphatic rings. The number of nitrogens with zero attached hydrogens (tertiary/aromatic N) is 1. The van der Waals surface area contributed by atoms with E-state index in [2.05, 4.69) is 0 Å². The quantitative estimate of drug-likeness (QED) is 0.487. The fraction of sp³-hybridized carbons (Fsp3) is 0.350. The summed E-state index contributed by atoms with van der Waals surface area (Å²) in [6.45, 7) is 3.28. The van der Waals surface area contributed by atoms with Gasteiger partial charge in [-0.25, -0.2) is 13.2 Å². The first kappa shape index (κ1) is 21.6. The molecule has 7 nitrogen and oxygen atoms in total. The lowest BCUT2D eigenvalue weighted by Crippen LogP contribution is -2.40. The highest BCUT2D eigenvalue weighted by atomic mass is 35.5. The molecule has 9 heteroatoms. The lowest BCUT2D eigenvalue weighted by Gasteiger charge is -2.26. The molecular formula is C20H22ClNO6S. The lowest BCUT2D eigenvalue weighted by molar-refractivity contribution is 0.0450. The Morgan fingerprint density at radius 3 is 2.62 bits per heavy atom. The number of carbonyl (C=O) groups is 1. The lowest BCUT2D eigenvalue weighted by atomic mass is 10.2. The smallest absolute Gasteiger partial charge is 0.338 e. The van der Waals surface area contributed by atoms with Crippen molar-refractivity contribution in [3.8, 4) is 5.75 Å². The van der Waals surface area contributed by atoms with Crippen LogP contribution in [0.2, 0.25) is 5.02 Å². The number of hydrogen-bond acceptors (Lipinski definition) is 6. The summed E-state index contributed by atoms with van der Waals surface area (Å²) in [5.41, 5.74) is 1.17. The molecule has 1 saturated heterocycles. The van der Waals surface area contributed by atoms with Gasteiger partial charge in [0.05, 0.1) is 23.8 Å². The number of morpholine rings is 1. The largest absolute Gasteiger partial charge is 0.490 e. The molecule has 0 saturated carbocycles. The summed E-state index contributed by atoms with van der Waals surface area (Å²) < 4.78 is 42.9. The SMILES string of the molecule is Cc1cccc(OCCOC(=O)c2ccc(Cl)c(S(=O)(=O)N3CCOCC3)c2)c1. The van der Waals surface area contributed by atoms with Crippen molar-refractivity contribution in [2.24, 2.45) is 0 Å². The summed E-state index contributed by atoms with van der Waals surface area (Å²) >= 11 is 6.10. The highest BCUT2D eigenvalue weighted by Gasteiger charge is 2.29. The molecule has 2 aromatic carbocycles. The van der Waals surface area contributed by atoms with Crippen LogP contribution in [0, 0.1) is 6.92 Å². The van der Waals surface area contributed by atoms with Gasteiger partial charge >= 0.3 is 5.97 Å². The van der Waals surface area contributed by atoms with Gasteiger partial charge in [0, 0.05) is 13.1 Å². The Hall–Kier alpha value is -2.13. The van der Waals surface area contributed by atoms with Crippen LogP contribution in [0.5, 0.6) is 5.75 Å². The highest BCUT2D eigenvalue weighted by molar-refractivity contribution is 7.89. The van der Waals surface area contributed by atoms with E-state index in [1.54, 1.807) is 0 Å². The molecule has 2 aromatic rings. The van der Waals surface area contributed by atoms with Gasteiger partial charge in [0.1, 0.15) is 23.9 Å². The van der Waals surface area contributed by atoms with Gasteiger partial charge in [-0.15, -0.1) is 0 Å². The summed E-state index contributed by atoms with van der Waals surface area (Å²) in [7, 11) is -3.83. The first-order valence-corrected chi connectivity index (χ1v) is 10.9. The zero-order chi connectivity index (χ0) is 20.9. The Bertz CT molecular complexity index is 973. The molecule has 0 unspecified atom stereocenters. The maximum atomic E-state index is 12.8. The summed E-state index contributed by atoms with van der Waals surface area (Å²) in [6.07, 6.45) is 0. The molecule has 0 aliphatic carbocycles. The molecule has 0 N–H and O–H groups in total. The van der Waals surface area contributed by atoms with Gasteiger partial charge in [-0.1, -0.05) is 23.7 Å². The van der Waals surface area contributed by atoms with E-state index >= 15 is 0 Å². The minimum absolute atomic E-state index is 0.0287. The molecule has 0 atom stereocenters. The second kappa shape index (κ2) is 9.58. The van der Waals surface area contributed by atoms with Crippen molar-refractivity contribution in [3.63, 3.8) is 0 Å². The monoisotopic (exact) mass is 439 g/mol. The maximum Gasteiger partial charge on any atom is 0.338 e. The summed E-state index contributed by atoms with van der Waals surface area (Å²) in [5, 5.41) is 0.0517. The van der Waals surface area contributed by atoms with E-state index in [1.807, 2.05) is 31.2 Å². The van der Waals surface area contributed by atoms with E-state index in [1.165, 1.54) is 22.5 Å². The normalized spacial score (nSPS) is 15.1. The van der Waals surface area contributed by atoms with Gasteiger partial charge in [0.15, 0.2) is 0 Å². The average Bonchev–Trinajstić information content (AvgIpc) is 2.72. The summed E-state index contributed by atoms with van der Waals surface area (Å²) in [4.78, 5) is 12.2. The Balaban J connectivity index is 1.63. The van der Waals surface area contributed by atoms with Crippen molar-refractivity contribution < 1.29 is 27.4 Å². The summed E-state index contributed by atoms with van der Waals surface area (Å²) in [6, 6.07) is 11.6. The Kier molecular flexibility index (Phi) is 7.13. The van der Waals surface area contributed by atoms with E-state index in [0.717, 1.165) is 5.56 Å². The van der Waals surface area contributed by atoms with E-state index < -0.39 is 16.0 Å². The number of rotatable bonds is 7. The van der Waals surface area contributed by atoms with Crippen LogP contribution >= 0.6 is 11.6 Å². The molecule has 3 rings (SSSR count). The summed E-state index contributed by atoms with van der Waals surface area (Å²) in [5.74, 6) is 0.0411. The van der Waals surface area contributed by atoms with Gasteiger partial charge in [-0.3, -0.25) is 0 Å². The van der Waals surface area contributed by atoms with E-state index in [4.69, 9.17) is 25.8 Å². The van der Waals surface area contributed by atoms with Crippen LogP contribution in [0.3, 0.4) is 0 Å². The predicted octanol–water partition coefficient (Wildman–Crippen LogP) is 2.91. The van der Waals surface area contributed by atoms with Crippen LogP contribution in [0.4, 0.5) is 0 Å². The number of hydrogen-bond donors (Lipinski definition) is 0. The third-order valence-electron chi connectivity index (χ3n) is 4.33. The molecular weight excluding hydrogens is 418 g/mol. The van der Waals surface area contributed by atoms with Gasteiger partial charge in [-0.2, -0.15) is 4.31 Å². The van der Waals surface area contributed by atoms with Crippen molar-refractivity contribution in [2.45, 2.75) is 11.8 Å². The zero-order valence-electron chi connectivity index (χ0n) is 16.0. The van der Waals surface area contributed by atoms with Crippen molar-refractivity contribution in [3.05, 3.63) is 58.6 Å². The van der Waals surface area contributed by atoms with Crippen molar-refractivity contribution in [1.29, 1.82) is 0 Å². The number of esters is 1. The Morgan fingerprint density at radius 1 is 1.14 bits per heavy atom. The Morgan fingerprint density at radius 2 is 1.90 bits per heavy atom. The van der Waals surface area contributed by atoms with Gasteiger partial charge in [0.2, 0.25) is 10.0 Å². The van der Waals surface area contributed by atoms with Crippen LogP contribution in [0.1, 0.15) is 15.9 Å². The van der Waals surface area contributed by atoms with Crippen LogP contribution in [-0.2, 0) is 19.5 Å². The van der Waals surface area contributed by atoms with Gasteiger partial charge in [0.25, 0.3) is 0 Å². The first-order valence-electron chi connectivity index (χ1n) is 9.12. The topological polar surface area (TPSA) is 82.1 Å². The third-order valence-corrected chi connectivity index (χ3v) is 6.71. The molecule has 0 aromatic heterocycles. The molecule has 1 aliphatic heterocycles. The van der Waals surface area contributed by atoms with Crippen molar-refractivity contribution in [2.75, 3.05) is 39.5 Å². The third kappa shape index (κ3) is 5.48. The fourth-order valence-electron chi connectivity index (χ4n) is 2.84. The molecule has 29 heavy (non-hydrogen) atoms. The number of sulfonamides is 1. The molecule has 1 heterocycles. The minimum Gasteiger partial charge on any atom is -0.490 e. The number of aryl methyl sites for hydroxylation is 1. The molecule has 156 valence electrons. The zero-order valence-corrected chi connectivity index (χ0v) is 17.5. The number of halogens is 1. The van der Waals surface area contributed by atoms with E-state index in [9.17, 15) is 13.2 Å². The standard InChI is InChI=1S/C20H22ClNO6S/c1-15-3-2-4-17(13-15)27-11-12-28-20(23)16-5-6-18(21)19(14-16)29(24,25)22-7-9-26-10-8-22/h2-6,13-14H,7-12H2,1H3. The van der Waals surface area contributed by atoms with Crippen LogP contribution in [-0.4, -0.2) is 58.2 Å². The molecule has 0 spiro atoms. The van der Waals surface area contributed by atoms with Gasteiger partial charge < -0.3 is 14.2 Å². The van der Waals surface area contributed by atoms with E-state index in [0.29, 0.717) is 19.0 Å².